The van der Waals surface area contributed by atoms with E-state index >= 15 is 0 Å². The van der Waals surface area contributed by atoms with E-state index in [1.54, 1.807) is 0 Å². The Bertz CT molecular complexity index is 799. The minimum atomic E-state index is -3.11. The lowest BCUT2D eigenvalue weighted by Crippen LogP contribution is -2.43. The number of ether oxygens (including phenoxy) is 1. The van der Waals surface area contributed by atoms with Crippen LogP contribution in [0.4, 0.5) is 0 Å². The molecule has 0 unspecified atom stereocenters. The summed E-state index contributed by atoms with van der Waals surface area (Å²) in [5.41, 5.74) is 2.53. The topological polar surface area (TPSA) is 58.6 Å². The molecule has 27 heavy (non-hydrogen) atoms. The number of hydrogen-bond donors (Lipinski definition) is 1. The molecule has 0 atom stereocenters. The highest BCUT2D eigenvalue weighted by Crippen LogP contribution is 2.17. The molecule has 1 heterocycles. The summed E-state index contributed by atoms with van der Waals surface area (Å²) < 4.78 is 31.2. The van der Waals surface area contributed by atoms with Crippen molar-refractivity contribution >= 4 is 10.0 Å². The zero-order valence-corrected chi connectivity index (χ0v) is 16.6. The van der Waals surface area contributed by atoms with Gasteiger partial charge in [0.05, 0.1) is 12.9 Å². The smallest absolute Gasteiger partial charge is 0.208 e. The Morgan fingerprint density at radius 3 is 2.30 bits per heavy atom. The third-order valence-electron chi connectivity index (χ3n) is 4.80. The van der Waals surface area contributed by atoms with Crippen molar-refractivity contribution in [3.63, 3.8) is 0 Å². The van der Waals surface area contributed by atoms with Crippen molar-refractivity contribution in [1.82, 2.24) is 9.62 Å². The molecule has 0 amide bonds. The van der Waals surface area contributed by atoms with Gasteiger partial charge in [-0.1, -0.05) is 42.5 Å². The molecule has 1 saturated heterocycles. The average molecular weight is 389 g/mol. The van der Waals surface area contributed by atoms with Gasteiger partial charge in [0.1, 0.15) is 5.75 Å². The monoisotopic (exact) mass is 388 g/mol. The number of benzene rings is 2. The van der Waals surface area contributed by atoms with Crippen LogP contribution in [-0.2, 0) is 23.0 Å². The number of sulfonamides is 1. The van der Waals surface area contributed by atoms with E-state index in [4.69, 9.17) is 4.74 Å². The second-order valence-electron chi connectivity index (χ2n) is 7.17. The number of hydrogen-bond acceptors (Lipinski definition) is 4. The van der Waals surface area contributed by atoms with Crippen LogP contribution >= 0.6 is 0 Å². The molecule has 0 radical (unpaired) electrons. The molecule has 0 aliphatic carbocycles. The molecule has 1 aliphatic heterocycles. The first kappa shape index (κ1) is 19.9. The molecule has 2 aromatic carbocycles. The van der Waals surface area contributed by atoms with Gasteiger partial charge in [0.25, 0.3) is 0 Å². The van der Waals surface area contributed by atoms with E-state index in [2.05, 4.69) is 33.9 Å². The van der Waals surface area contributed by atoms with E-state index in [1.165, 1.54) is 17.4 Å². The summed E-state index contributed by atoms with van der Waals surface area (Å²) in [5, 5.41) is 0. The lowest BCUT2D eigenvalue weighted by atomic mass is 10.1. The van der Waals surface area contributed by atoms with Gasteiger partial charge < -0.3 is 4.74 Å². The second-order valence-corrected chi connectivity index (χ2v) is 8.95. The van der Waals surface area contributed by atoms with Crippen molar-refractivity contribution in [2.45, 2.75) is 31.8 Å². The SMILES string of the molecule is CS(=O)(=O)NC1CCN(Cc2ccc(OCCc3ccccc3)cc2)CC1. The zero-order chi connectivity index (χ0) is 19.1. The highest BCUT2D eigenvalue weighted by Gasteiger charge is 2.21. The van der Waals surface area contributed by atoms with Crippen molar-refractivity contribution in [3.05, 3.63) is 65.7 Å². The second kappa shape index (κ2) is 9.35. The lowest BCUT2D eigenvalue weighted by molar-refractivity contribution is 0.200. The molecule has 0 bridgehead atoms. The van der Waals surface area contributed by atoms with Gasteiger partial charge in [-0.25, -0.2) is 13.1 Å². The Kier molecular flexibility index (Phi) is 6.88. The largest absolute Gasteiger partial charge is 0.493 e. The summed E-state index contributed by atoms with van der Waals surface area (Å²) in [6.07, 6.45) is 3.84. The van der Waals surface area contributed by atoms with E-state index in [-0.39, 0.29) is 6.04 Å². The van der Waals surface area contributed by atoms with Crippen LogP contribution in [0.1, 0.15) is 24.0 Å². The number of nitrogens with zero attached hydrogens (tertiary/aromatic N) is 1. The molecule has 2 aromatic rings. The molecule has 0 spiro atoms. The fourth-order valence-corrected chi connectivity index (χ4v) is 4.23. The van der Waals surface area contributed by atoms with Crippen LogP contribution in [0.2, 0.25) is 0 Å². The van der Waals surface area contributed by atoms with Gasteiger partial charge in [0.15, 0.2) is 0 Å². The Morgan fingerprint density at radius 2 is 1.67 bits per heavy atom. The molecule has 5 nitrogen and oxygen atoms in total. The Morgan fingerprint density at radius 1 is 1.00 bits per heavy atom. The third-order valence-corrected chi connectivity index (χ3v) is 5.56. The predicted molar refractivity (Wildman–Crippen MR) is 108 cm³/mol. The summed E-state index contributed by atoms with van der Waals surface area (Å²) in [7, 11) is -3.11. The molecule has 3 rings (SSSR count). The fraction of sp³-hybridized carbons (Fsp3) is 0.429. The van der Waals surface area contributed by atoms with E-state index in [1.807, 2.05) is 30.3 Å². The number of likely N-dealkylation sites (tertiary alicyclic amines) is 1. The summed E-state index contributed by atoms with van der Waals surface area (Å²) in [4.78, 5) is 2.37. The van der Waals surface area contributed by atoms with E-state index in [0.29, 0.717) is 6.61 Å². The number of nitrogens with one attached hydrogen (secondary N) is 1. The first-order valence-corrected chi connectivity index (χ1v) is 11.3. The van der Waals surface area contributed by atoms with E-state index in [0.717, 1.165) is 44.6 Å². The highest BCUT2D eigenvalue weighted by molar-refractivity contribution is 7.88. The molecule has 0 aromatic heterocycles. The molecule has 1 N–H and O–H groups in total. The van der Waals surface area contributed by atoms with Gasteiger partial charge in [-0.2, -0.15) is 0 Å². The van der Waals surface area contributed by atoms with Gasteiger partial charge in [0, 0.05) is 32.1 Å². The summed E-state index contributed by atoms with van der Waals surface area (Å²) in [5.74, 6) is 0.894. The first-order chi connectivity index (χ1) is 13.0. The van der Waals surface area contributed by atoms with Crippen LogP contribution in [-0.4, -0.2) is 45.3 Å². The van der Waals surface area contributed by atoms with Crippen molar-refractivity contribution in [2.75, 3.05) is 26.0 Å². The highest BCUT2D eigenvalue weighted by atomic mass is 32.2. The molecule has 1 fully saturated rings. The Hall–Kier alpha value is -1.89. The van der Waals surface area contributed by atoms with Gasteiger partial charge >= 0.3 is 0 Å². The fourth-order valence-electron chi connectivity index (χ4n) is 3.39. The van der Waals surface area contributed by atoms with Gasteiger partial charge in [-0.05, 0) is 36.1 Å². The van der Waals surface area contributed by atoms with E-state index in [9.17, 15) is 8.42 Å². The van der Waals surface area contributed by atoms with Crippen LogP contribution in [0.5, 0.6) is 5.75 Å². The van der Waals surface area contributed by atoms with Gasteiger partial charge in [0.2, 0.25) is 10.0 Å². The molecular weight excluding hydrogens is 360 g/mol. The summed E-state index contributed by atoms with van der Waals surface area (Å²) in [6, 6.07) is 18.7. The maximum absolute atomic E-state index is 11.3. The predicted octanol–water partition coefficient (Wildman–Crippen LogP) is 2.82. The minimum absolute atomic E-state index is 0.0663. The molecule has 6 heteroatoms. The van der Waals surface area contributed by atoms with Crippen LogP contribution in [0.25, 0.3) is 0 Å². The van der Waals surface area contributed by atoms with Crippen molar-refractivity contribution in [2.24, 2.45) is 0 Å². The Labute approximate surface area is 162 Å². The molecular formula is C21H28N2O3S. The zero-order valence-electron chi connectivity index (χ0n) is 15.8. The summed E-state index contributed by atoms with van der Waals surface area (Å²) in [6.45, 7) is 3.37. The van der Waals surface area contributed by atoms with Crippen molar-refractivity contribution in [1.29, 1.82) is 0 Å². The molecule has 146 valence electrons. The molecule has 0 saturated carbocycles. The van der Waals surface area contributed by atoms with Crippen LogP contribution in [0.15, 0.2) is 54.6 Å². The van der Waals surface area contributed by atoms with Crippen LogP contribution < -0.4 is 9.46 Å². The van der Waals surface area contributed by atoms with Gasteiger partial charge in [-0.3, -0.25) is 4.90 Å². The van der Waals surface area contributed by atoms with Crippen LogP contribution in [0, 0.1) is 0 Å². The first-order valence-electron chi connectivity index (χ1n) is 9.43. The maximum Gasteiger partial charge on any atom is 0.208 e. The summed E-state index contributed by atoms with van der Waals surface area (Å²) >= 11 is 0. The maximum atomic E-state index is 11.3. The number of piperidine rings is 1. The molecule has 1 aliphatic rings. The average Bonchev–Trinajstić information content (AvgIpc) is 2.64. The third kappa shape index (κ3) is 6.97. The van der Waals surface area contributed by atoms with Crippen molar-refractivity contribution < 1.29 is 13.2 Å². The van der Waals surface area contributed by atoms with Crippen molar-refractivity contribution in [3.8, 4) is 5.75 Å². The standard InChI is InChI=1S/C21H28N2O3S/c1-27(24,25)22-20-11-14-23(15-12-20)17-19-7-9-21(10-8-19)26-16-13-18-5-3-2-4-6-18/h2-10,20,22H,11-17H2,1H3. The Balaban J connectivity index is 1.40. The van der Waals surface area contributed by atoms with Gasteiger partial charge in [-0.15, -0.1) is 0 Å². The number of rotatable bonds is 8. The minimum Gasteiger partial charge on any atom is -0.493 e. The quantitative estimate of drug-likeness (QED) is 0.755. The normalized spacial score (nSPS) is 16.3. The lowest BCUT2D eigenvalue weighted by Gasteiger charge is -2.31. The van der Waals surface area contributed by atoms with Crippen LogP contribution in [0.3, 0.4) is 0 Å². The van der Waals surface area contributed by atoms with E-state index < -0.39 is 10.0 Å².